The van der Waals surface area contributed by atoms with Gasteiger partial charge in [-0.2, -0.15) is 0 Å². The molecule has 5 heteroatoms. The predicted molar refractivity (Wildman–Crippen MR) is 87.5 cm³/mol. The van der Waals surface area contributed by atoms with Gasteiger partial charge in [-0.25, -0.2) is 9.78 Å². The molecule has 0 unspecified atom stereocenters. The number of hydrogen-bond acceptors (Lipinski definition) is 4. The summed E-state index contributed by atoms with van der Waals surface area (Å²) in [6, 6.07) is 4.36. The average Bonchev–Trinajstić information content (AvgIpc) is 2.72. The van der Waals surface area contributed by atoms with Gasteiger partial charge in [0.05, 0.1) is 0 Å². The Kier molecular flexibility index (Phi) is 4.21. The number of fused-ring (bicyclic) bond motifs is 2. The van der Waals surface area contributed by atoms with Crippen molar-refractivity contribution in [3.8, 4) is 5.88 Å². The second kappa shape index (κ2) is 6.02. The molecule has 1 aromatic rings. The molecule has 2 aliphatic heterocycles. The van der Waals surface area contributed by atoms with Gasteiger partial charge in [-0.05, 0) is 46.1 Å². The van der Waals surface area contributed by atoms with Crippen molar-refractivity contribution in [2.75, 3.05) is 0 Å². The number of hydrogen-bond donors (Lipinski definition) is 0. The highest BCUT2D eigenvalue weighted by molar-refractivity contribution is 5.69. The molecule has 2 bridgehead atoms. The first-order valence-corrected chi connectivity index (χ1v) is 8.42. The first-order valence-electron chi connectivity index (χ1n) is 8.42. The zero-order valence-electron chi connectivity index (χ0n) is 14.4. The van der Waals surface area contributed by atoms with Crippen molar-refractivity contribution in [3.05, 3.63) is 23.9 Å². The Morgan fingerprint density at radius 1 is 1.22 bits per heavy atom. The van der Waals surface area contributed by atoms with Crippen LogP contribution < -0.4 is 4.74 Å². The lowest BCUT2D eigenvalue weighted by Gasteiger charge is -2.39. The Bertz CT molecular complexity index is 551. The van der Waals surface area contributed by atoms with Gasteiger partial charge in [-0.1, -0.05) is 6.07 Å². The van der Waals surface area contributed by atoms with Crippen LogP contribution in [0.1, 0.15) is 52.0 Å². The Balaban J connectivity index is 1.62. The number of rotatable bonds is 2. The van der Waals surface area contributed by atoms with E-state index in [1.807, 2.05) is 50.9 Å². The van der Waals surface area contributed by atoms with E-state index < -0.39 is 5.60 Å². The van der Waals surface area contributed by atoms with Gasteiger partial charge in [-0.3, -0.25) is 0 Å². The highest BCUT2D eigenvalue weighted by Crippen LogP contribution is 2.38. The molecule has 0 saturated carbocycles. The minimum absolute atomic E-state index is 0.126. The van der Waals surface area contributed by atoms with Gasteiger partial charge in [0.15, 0.2) is 0 Å². The Morgan fingerprint density at radius 3 is 2.39 bits per heavy atom. The van der Waals surface area contributed by atoms with E-state index in [-0.39, 0.29) is 24.3 Å². The van der Waals surface area contributed by atoms with Crippen molar-refractivity contribution in [1.29, 1.82) is 0 Å². The fourth-order valence-electron chi connectivity index (χ4n) is 3.53. The molecule has 0 spiro atoms. The van der Waals surface area contributed by atoms with Gasteiger partial charge in [0.1, 0.15) is 11.7 Å². The van der Waals surface area contributed by atoms with Crippen LogP contribution in [0.3, 0.4) is 0 Å². The first kappa shape index (κ1) is 16.1. The van der Waals surface area contributed by atoms with Crippen LogP contribution in [0.25, 0.3) is 0 Å². The molecule has 3 heterocycles. The maximum Gasteiger partial charge on any atom is 0.410 e. The van der Waals surface area contributed by atoms with E-state index in [1.165, 1.54) is 0 Å². The zero-order chi connectivity index (χ0) is 16.6. The summed E-state index contributed by atoms with van der Waals surface area (Å²) in [5.74, 6) is 0.672. The monoisotopic (exact) mass is 318 g/mol. The number of carbonyl (C=O) groups excluding carboxylic acids is 1. The molecule has 126 valence electrons. The second-order valence-electron chi connectivity index (χ2n) is 7.66. The van der Waals surface area contributed by atoms with E-state index in [0.717, 1.165) is 31.2 Å². The molecule has 2 fully saturated rings. The minimum Gasteiger partial charge on any atom is -0.474 e. The highest BCUT2D eigenvalue weighted by Gasteiger charge is 2.45. The Morgan fingerprint density at radius 2 is 1.87 bits per heavy atom. The van der Waals surface area contributed by atoms with Crippen molar-refractivity contribution in [1.82, 2.24) is 9.88 Å². The fraction of sp³-hybridized carbons (Fsp3) is 0.667. The molecule has 3 atom stereocenters. The zero-order valence-corrected chi connectivity index (χ0v) is 14.4. The van der Waals surface area contributed by atoms with E-state index in [1.54, 1.807) is 0 Å². The largest absolute Gasteiger partial charge is 0.474 e. The van der Waals surface area contributed by atoms with E-state index in [9.17, 15) is 4.79 Å². The van der Waals surface area contributed by atoms with Gasteiger partial charge in [-0.15, -0.1) is 0 Å². The van der Waals surface area contributed by atoms with Gasteiger partial charge >= 0.3 is 6.09 Å². The van der Waals surface area contributed by atoms with Gasteiger partial charge in [0.25, 0.3) is 0 Å². The standard InChI is InChI=1S/C18H26N2O3/c1-12-5-8-16(19-11-12)22-15-9-13-6-7-14(10-15)20(13)17(21)23-18(2,3)4/h5,8,11,13-15H,6-7,9-10H2,1-4H3/t13-,14+,15+. The summed E-state index contributed by atoms with van der Waals surface area (Å²) in [5.41, 5.74) is 0.674. The molecule has 0 aliphatic carbocycles. The SMILES string of the molecule is Cc1ccc(O[C@H]2C[C@H]3CC[C@@H](C2)N3C(=O)OC(C)(C)C)nc1. The van der Waals surface area contributed by atoms with Crippen LogP contribution in [0.5, 0.6) is 5.88 Å². The molecular formula is C18H26N2O3. The van der Waals surface area contributed by atoms with Crippen molar-refractivity contribution in [2.45, 2.75) is 77.2 Å². The molecule has 5 nitrogen and oxygen atoms in total. The molecule has 0 radical (unpaired) electrons. The molecule has 0 aromatic carbocycles. The highest BCUT2D eigenvalue weighted by atomic mass is 16.6. The number of ether oxygens (including phenoxy) is 2. The second-order valence-corrected chi connectivity index (χ2v) is 7.66. The summed E-state index contributed by atoms with van der Waals surface area (Å²) in [4.78, 5) is 18.7. The number of amides is 1. The van der Waals surface area contributed by atoms with Crippen LogP contribution in [0.15, 0.2) is 18.3 Å². The molecule has 2 saturated heterocycles. The molecular weight excluding hydrogens is 292 g/mol. The summed E-state index contributed by atoms with van der Waals surface area (Å²) in [5, 5.41) is 0. The van der Waals surface area contributed by atoms with Crippen LogP contribution in [-0.4, -0.2) is 39.8 Å². The van der Waals surface area contributed by atoms with Crippen LogP contribution >= 0.6 is 0 Å². The maximum atomic E-state index is 12.4. The summed E-state index contributed by atoms with van der Waals surface area (Å²) in [7, 11) is 0. The van der Waals surface area contributed by atoms with Crippen LogP contribution in [0.2, 0.25) is 0 Å². The molecule has 1 aromatic heterocycles. The van der Waals surface area contributed by atoms with Gasteiger partial charge in [0.2, 0.25) is 5.88 Å². The number of aromatic nitrogens is 1. The summed E-state index contributed by atoms with van der Waals surface area (Å²) in [6.07, 6.45) is 5.53. The van der Waals surface area contributed by atoms with Crippen LogP contribution in [-0.2, 0) is 4.74 Å². The van der Waals surface area contributed by atoms with Crippen LogP contribution in [0.4, 0.5) is 4.79 Å². The number of aryl methyl sites for hydroxylation is 1. The third-order valence-corrected chi connectivity index (χ3v) is 4.47. The topological polar surface area (TPSA) is 51.7 Å². The fourth-order valence-corrected chi connectivity index (χ4v) is 3.53. The summed E-state index contributed by atoms with van der Waals surface area (Å²) >= 11 is 0. The first-order chi connectivity index (χ1) is 10.8. The smallest absolute Gasteiger partial charge is 0.410 e. The van der Waals surface area contributed by atoms with Crippen LogP contribution in [0, 0.1) is 6.92 Å². The van der Waals surface area contributed by atoms with E-state index in [2.05, 4.69) is 4.98 Å². The number of pyridine rings is 1. The van der Waals surface area contributed by atoms with E-state index in [4.69, 9.17) is 9.47 Å². The normalized spacial score (nSPS) is 27.0. The Hall–Kier alpha value is -1.78. The van der Waals surface area contributed by atoms with Gasteiger partial charge in [0, 0.05) is 37.2 Å². The van der Waals surface area contributed by atoms with E-state index in [0.29, 0.717) is 5.88 Å². The number of carbonyl (C=O) groups is 1. The summed E-state index contributed by atoms with van der Waals surface area (Å²) < 4.78 is 11.6. The molecule has 3 rings (SSSR count). The lowest BCUT2D eigenvalue weighted by atomic mass is 10.0. The maximum absolute atomic E-state index is 12.4. The molecule has 1 amide bonds. The van der Waals surface area contributed by atoms with Crippen molar-refractivity contribution in [3.63, 3.8) is 0 Å². The third-order valence-electron chi connectivity index (χ3n) is 4.47. The van der Waals surface area contributed by atoms with E-state index >= 15 is 0 Å². The Labute approximate surface area is 138 Å². The quantitative estimate of drug-likeness (QED) is 0.834. The minimum atomic E-state index is -0.449. The van der Waals surface area contributed by atoms with Crippen molar-refractivity contribution >= 4 is 6.09 Å². The number of nitrogens with zero attached hydrogens (tertiary/aromatic N) is 2. The molecule has 2 aliphatic rings. The van der Waals surface area contributed by atoms with Crippen molar-refractivity contribution in [2.24, 2.45) is 0 Å². The summed E-state index contributed by atoms with van der Waals surface area (Å²) in [6.45, 7) is 7.74. The van der Waals surface area contributed by atoms with Crippen molar-refractivity contribution < 1.29 is 14.3 Å². The average molecular weight is 318 g/mol. The molecule has 0 N–H and O–H groups in total. The molecule has 23 heavy (non-hydrogen) atoms. The van der Waals surface area contributed by atoms with Gasteiger partial charge < -0.3 is 14.4 Å². The number of piperidine rings is 1. The lowest BCUT2D eigenvalue weighted by molar-refractivity contribution is -0.00759. The third kappa shape index (κ3) is 3.77. The predicted octanol–water partition coefficient (Wildman–Crippen LogP) is 3.70. The lowest BCUT2D eigenvalue weighted by Crippen LogP contribution is -2.50.